The second-order valence-electron chi connectivity index (χ2n) is 7.47. The Morgan fingerprint density at radius 1 is 0.969 bits per heavy atom. The van der Waals surface area contributed by atoms with Crippen LogP contribution in [0.3, 0.4) is 0 Å². The Kier molecular flexibility index (Phi) is 6.51. The number of aromatic nitrogens is 2. The minimum absolute atomic E-state index is 0.0285. The van der Waals surface area contributed by atoms with Gasteiger partial charge in [-0.05, 0) is 47.5 Å². The maximum absolute atomic E-state index is 11.4. The van der Waals surface area contributed by atoms with Gasteiger partial charge in [-0.15, -0.1) is 0 Å². The number of carboxylic acids is 1. The average molecular weight is 428 g/mol. The largest absolute Gasteiger partial charge is 0.489 e. The molecule has 0 radical (unpaired) electrons. The first-order chi connectivity index (χ1) is 15.6. The third-order valence-electron chi connectivity index (χ3n) is 5.11. The molecule has 0 fully saturated rings. The van der Waals surface area contributed by atoms with Crippen LogP contribution >= 0.6 is 0 Å². The summed E-state index contributed by atoms with van der Waals surface area (Å²) in [4.78, 5) is 15.7. The number of aryl methyl sites for hydroxylation is 1. The molecule has 1 unspecified atom stereocenters. The third kappa shape index (κ3) is 5.35. The van der Waals surface area contributed by atoms with Gasteiger partial charge in [0.2, 0.25) is 0 Å². The Labute approximate surface area is 186 Å². The Balaban J connectivity index is 1.42. The molecular weight excluding hydrogens is 404 g/mol. The molecule has 162 valence electrons. The summed E-state index contributed by atoms with van der Waals surface area (Å²) in [5.74, 6) is 1.77. The number of hydrogen-bond acceptors (Lipinski definition) is 4. The van der Waals surface area contributed by atoms with Gasteiger partial charge in [0.1, 0.15) is 29.7 Å². The molecule has 0 saturated carbocycles. The van der Waals surface area contributed by atoms with Gasteiger partial charge in [0, 0.05) is 19.4 Å². The summed E-state index contributed by atoms with van der Waals surface area (Å²) in [6, 6.07) is 24.9. The quantitative estimate of drug-likeness (QED) is 0.386. The van der Waals surface area contributed by atoms with E-state index >= 15 is 0 Å². The van der Waals surface area contributed by atoms with Crippen molar-refractivity contribution in [1.82, 2.24) is 9.55 Å². The predicted octanol–water partition coefficient (Wildman–Crippen LogP) is 5.40. The second kappa shape index (κ2) is 9.83. The number of hydrogen-bond donors (Lipinski definition) is 1. The molecule has 0 saturated heterocycles. The van der Waals surface area contributed by atoms with Gasteiger partial charge < -0.3 is 19.1 Å². The molecule has 0 bridgehead atoms. The van der Waals surface area contributed by atoms with Gasteiger partial charge in [-0.25, -0.2) is 4.98 Å². The summed E-state index contributed by atoms with van der Waals surface area (Å²) in [7, 11) is 1.87. The van der Waals surface area contributed by atoms with E-state index in [9.17, 15) is 9.90 Å². The maximum atomic E-state index is 11.4. The third-order valence-corrected chi connectivity index (χ3v) is 5.11. The first-order valence-corrected chi connectivity index (χ1v) is 10.3. The van der Waals surface area contributed by atoms with E-state index in [-0.39, 0.29) is 12.3 Å². The van der Waals surface area contributed by atoms with Crippen molar-refractivity contribution >= 4 is 5.97 Å². The minimum Gasteiger partial charge on any atom is -0.489 e. The first kappa shape index (κ1) is 21.2. The first-order valence-electron chi connectivity index (χ1n) is 10.3. The van der Waals surface area contributed by atoms with E-state index < -0.39 is 5.97 Å². The number of nitrogens with zero attached hydrogens (tertiary/aromatic N) is 2. The minimum atomic E-state index is -0.865. The topological polar surface area (TPSA) is 73.6 Å². The molecule has 4 aromatic rings. The van der Waals surface area contributed by atoms with Crippen molar-refractivity contribution in [1.29, 1.82) is 0 Å². The summed E-state index contributed by atoms with van der Waals surface area (Å²) in [6.07, 6.45) is 3.47. The Morgan fingerprint density at radius 3 is 2.41 bits per heavy atom. The summed E-state index contributed by atoms with van der Waals surface area (Å²) in [5, 5.41) is 9.34. The molecule has 4 rings (SSSR count). The molecule has 3 aromatic carbocycles. The lowest BCUT2D eigenvalue weighted by Gasteiger charge is -2.16. The average Bonchev–Trinajstić information content (AvgIpc) is 3.23. The van der Waals surface area contributed by atoms with Gasteiger partial charge in [-0.1, -0.05) is 42.5 Å². The van der Waals surface area contributed by atoms with Crippen LogP contribution in [0.5, 0.6) is 17.2 Å². The second-order valence-corrected chi connectivity index (χ2v) is 7.47. The Bertz CT molecular complexity index is 1170. The van der Waals surface area contributed by atoms with Gasteiger partial charge in [0.25, 0.3) is 0 Å². The molecule has 32 heavy (non-hydrogen) atoms. The van der Waals surface area contributed by atoms with E-state index in [4.69, 9.17) is 9.47 Å². The summed E-state index contributed by atoms with van der Waals surface area (Å²) < 4.78 is 13.7. The zero-order valence-electron chi connectivity index (χ0n) is 17.7. The number of carbonyl (C=O) groups is 1. The van der Waals surface area contributed by atoms with Crippen molar-refractivity contribution in [3.05, 3.63) is 108 Å². The highest BCUT2D eigenvalue weighted by atomic mass is 16.5. The number of carboxylic acid groups (broad SMARTS) is 1. The fourth-order valence-electron chi connectivity index (χ4n) is 3.53. The Hall–Kier alpha value is -4.06. The SMILES string of the molecule is Cn1ccnc1C(CC(=O)O)c1ccc(OCc2cccc(Oc3ccccc3)c2)cc1. The lowest BCUT2D eigenvalue weighted by Crippen LogP contribution is -2.12. The lowest BCUT2D eigenvalue weighted by atomic mass is 9.94. The summed E-state index contributed by atoms with van der Waals surface area (Å²) in [5.41, 5.74) is 1.87. The zero-order valence-corrected chi connectivity index (χ0v) is 17.7. The number of rotatable bonds is 9. The van der Waals surface area contributed by atoms with Crippen molar-refractivity contribution < 1.29 is 19.4 Å². The highest BCUT2D eigenvalue weighted by Gasteiger charge is 2.21. The molecule has 1 atom stereocenters. The van der Waals surface area contributed by atoms with Crippen LogP contribution in [-0.4, -0.2) is 20.6 Å². The van der Waals surface area contributed by atoms with Crippen molar-refractivity contribution in [3.8, 4) is 17.2 Å². The van der Waals surface area contributed by atoms with Crippen molar-refractivity contribution in [2.45, 2.75) is 18.9 Å². The molecular formula is C26H24N2O4. The van der Waals surface area contributed by atoms with E-state index in [1.54, 1.807) is 6.20 Å². The van der Waals surface area contributed by atoms with Crippen molar-refractivity contribution in [2.75, 3.05) is 0 Å². The molecule has 1 aromatic heterocycles. The van der Waals surface area contributed by atoms with Gasteiger partial charge in [0.05, 0.1) is 12.3 Å². The number of para-hydroxylation sites is 1. The van der Waals surface area contributed by atoms with Crippen LogP contribution < -0.4 is 9.47 Å². The van der Waals surface area contributed by atoms with E-state index in [1.165, 1.54) is 0 Å². The van der Waals surface area contributed by atoms with Gasteiger partial charge in [-0.2, -0.15) is 0 Å². The maximum Gasteiger partial charge on any atom is 0.304 e. The fraction of sp³-hybridized carbons (Fsp3) is 0.154. The summed E-state index contributed by atoms with van der Waals surface area (Å²) in [6.45, 7) is 0.392. The van der Waals surface area contributed by atoms with E-state index in [2.05, 4.69) is 4.98 Å². The molecule has 0 amide bonds. The van der Waals surface area contributed by atoms with Crippen LogP contribution in [0, 0.1) is 0 Å². The zero-order chi connectivity index (χ0) is 22.3. The molecule has 0 spiro atoms. The van der Waals surface area contributed by atoms with Crippen LogP contribution in [-0.2, 0) is 18.4 Å². The molecule has 0 aliphatic carbocycles. The smallest absolute Gasteiger partial charge is 0.304 e. The van der Waals surface area contributed by atoms with Crippen LogP contribution in [0.4, 0.5) is 0 Å². The van der Waals surface area contributed by atoms with Crippen LogP contribution in [0.25, 0.3) is 0 Å². The normalized spacial score (nSPS) is 11.7. The van der Waals surface area contributed by atoms with E-state index in [1.807, 2.05) is 96.7 Å². The molecule has 0 aliphatic heterocycles. The molecule has 1 heterocycles. The number of ether oxygens (including phenoxy) is 2. The molecule has 1 N–H and O–H groups in total. The van der Waals surface area contributed by atoms with E-state index in [0.29, 0.717) is 12.4 Å². The van der Waals surface area contributed by atoms with Gasteiger partial charge in [-0.3, -0.25) is 4.79 Å². The van der Waals surface area contributed by atoms with E-state index in [0.717, 1.165) is 28.5 Å². The van der Waals surface area contributed by atoms with Crippen LogP contribution in [0.1, 0.15) is 29.3 Å². The lowest BCUT2D eigenvalue weighted by molar-refractivity contribution is -0.137. The Morgan fingerprint density at radius 2 is 1.72 bits per heavy atom. The number of aliphatic carboxylic acids is 1. The predicted molar refractivity (Wildman–Crippen MR) is 121 cm³/mol. The van der Waals surface area contributed by atoms with Crippen LogP contribution in [0.15, 0.2) is 91.3 Å². The fourth-order valence-corrected chi connectivity index (χ4v) is 3.53. The van der Waals surface area contributed by atoms with Crippen molar-refractivity contribution in [3.63, 3.8) is 0 Å². The molecule has 6 heteroatoms. The highest BCUT2D eigenvalue weighted by Crippen LogP contribution is 2.29. The molecule has 6 nitrogen and oxygen atoms in total. The highest BCUT2D eigenvalue weighted by molar-refractivity contribution is 5.68. The van der Waals surface area contributed by atoms with Gasteiger partial charge in [0.15, 0.2) is 0 Å². The van der Waals surface area contributed by atoms with Gasteiger partial charge >= 0.3 is 5.97 Å². The van der Waals surface area contributed by atoms with Crippen molar-refractivity contribution in [2.24, 2.45) is 7.05 Å². The van der Waals surface area contributed by atoms with Crippen LogP contribution in [0.2, 0.25) is 0 Å². The number of benzene rings is 3. The molecule has 0 aliphatic rings. The summed E-state index contributed by atoms with van der Waals surface area (Å²) >= 11 is 0. The number of imidazole rings is 1. The standard InChI is InChI=1S/C26H24N2O4/c1-28-15-14-27-26(28)24(17-25(29)30)20-10-12-21(13-11-20)31-18-19-6-5-9-23(16-19)32-22-7-3-2-4-8-22/h2-16,24H,17-18H2,1H3,(H,29,30). The monoisotopic (exact) mass is 428 g/mol.